The Balaban J connectivity index is 2.64. The Bertz CT molecular complexity index is 512. The monoisotopic (exact) mass is 270 g/mol. The summed E-state index contributed by atoms with van der Waals surface area (Å²) in [5.74, 6) is -1.27. The summed E-state index contributed by atoms with van der Waals surface area (Å²) < 4.78 is 10.8. The fourth-order valence-electron chi connectivity index (χ4n) is 1.79. The topological polar surface area (TPSA) is 72.8 Å². The molecule has 0 bridgehead atoms. The van der Waals surface area contributed by atoms with Gasteiger partial charge in [-0.1, -0.05) is 11.6 Å². The molecule has 1 heterocycles. The van der Waals surface area contributed by atoms with E-state index in [4.69, 9.17) is 26.2 Å². The minimum atomic E-state index is -0.999. The molecule has 6 heteroatoms. The molecule has 1 N–H and O–H groups in total. The maximum atomic E-state index is 11.0. The summed E-state index contributed by atoms with van der Waals surface area (Å²) in [6, 6.07) is 1.44. The minimum Gasteiger partial charge on any atom is -0.486 e. The van der Waals surface area contributed by atoms with Gasteiger partial charge in [-0.15, -0.1) is 0 Å². The summed E-state index contributed by atoms with van der Waals surface area (Å²) in [5.41, 5.74) is 0.598. The van der Waals surface area contributed by atoms with E-state index in [1.54, 1.807) is 0 Å². The Hall–Kier alpha value is -1.75. The van der Waals surface area contributed by atoms with E-state index in [9.17, 15) is 9.59 Å². The van der Waals surface area contributed by atoms with Crippen LogP contribution in [0.25, 0.3) is 0 Å². The van der Waals surface area contributed by atoms with Crippen LogP contribution in [0.4, 0.5) is 0 Å². The van der Waals surface area contributed by atoms with Crippen molar-refractivity contribution in [2.24, 2.45) is 0 Å². The Morgan fingerprint density at radius 3 is 2.61 bits per heavy atom. The highest BCUT2D eigenvalue weighted by molar-refractivity contribution is 6.33. The van der Waals surface area contributed by atoms with Gasteiger partial charge in [0.25, 0.3) is 0 Å². The normalized spacial score (nSPS) is 15.0. The molecule has 0 saturated heterocycles. The van der Waals surface area contributed by atoms with E-state index >= 15 is 0 Å². The fourth-order valence-corrected chi connectivity index (χ4v) is 2.03. The second kappa shape index (κ2) is 4.86. The van der Waals surface area contributed by atoms with Gasteiger partial charge in [0.15, 0.2) is 17.8 Å². The number of carboxylic acids is 1. The fraction of sp³-hybridized carbons (Fsp3) is 0.333. The highest BCUT2D eigenvalue weighted by Crippen LogP contribution is 2.43. The van der Waals surface area contributed by atoms with E-state index in [1.165, 1.54) is 13.0 Å². The van der Waals surface area contributed by atoms with Crippen LogP contribution in [0, 0.1) is 0 Å². The molecule has 2 rings (SSSR count). The number of aldehydes is 1. The smallest absolute Gasteiger partial charge is 0.310 e. The van der Waals surface area contributed by atoms with Crippen LogP contribution in [-0.4, -0.2) is 30.6 Å². The number of aliphatic carboxylic acids is 1. The lowest BCUT2D eigenvalue weighted by molar-refractivity contribution is -0.138. The minimum absolute atomic E-state index is 0.164. The lowest BCUT2D eigenvalue weighted by atomic mass is 9.97. The highest BCUT2D eigenvalue weighted by atomic mass is 35.5. The second-order valence-electron chi connectivity index (χ2n) is 3.89. The number of carbonyl (C=O) groups excluding carboxylic acids is 1. The zero-order valence-electron chi connectivity index (χ0n) is 9.60. The van der Waals surface area contributed by atoms with Crippen LogP contribution in [0.3, 0.4) is 0 Å². The quantitative estimate of drug-likeness (QED) is 0.852. The van der Waals surface area contributed by atoms with Gasteiger partial charge in [0.2, 0.25) is 0 Å². The van der Waals surface area contributed by atoms with Gasteiger partial charge in [-0.3, -0.25) is 9.59 Å². The number of rotatable bonds is 3. The van der Waals surface area contributed by atoms with Crippen molar-refractivity contribution >= 4 is 23.9 Å². The number of carboxylic acid groups (broad SMARTS) is 1. The Morgan fingerprint density at radius 1 is 1.44 bits per heavy atom. The first kappa shape index (κ1) is 12.7. The molecule has 0 radical (unpaired) electrons. The van der Waals surface area contributed by atoms with Crippen LogP contribution in [0.1, 0.15) is 28.8 Å². The van der Waals surface area contributed by atoms with Gasteiger partial charge in [-0.25, -0.2) is 0 Å². The summed E-state index contributed by atoms with van der Waals surface area (Å²) >= 11 is 5.96. The summed E-state index contributed by atoms with van der Waals surface area (Å²) in [6.45, 7) is 2.13. The van der Waals surface area contributed by atoms with Crippen molar-refractivity contribution in [2.75, 3.05) is 13.2 Å². The SMILES string of the molecule is CC(C(=O)O)c1cc(Cl)c(C=O)c2c1OCCO2. The zero-order chi connectivity index (χ0) is 13.3. The molecule has 0 spiro atoms. The van der Waals surface area contributed by atoms with E-state index in [0.717, 1.165) is 0 Å². The number of carbonyl (C=O) groups is 2. The summed E-state index contributed by atoms with van der Waals surface area (Å²) in [5, 5.41) is 9.21. The molecular weight excluding hydrogens is 260 g/mol. The molecular formula is C12H11ClO5. The van der Waals surface area contributed by atoms with Gasteiger partial charge in [0, 0.05) is 5.56 Å². The third kappa shape index (κ3) is 2.01. The predicted octanol–water partition coefficient (Wildman–Crippen LogP) is 2.11. The van der Waals surface area contributed by atoms with E-state index in [0.29, 0.717) is 30.8 Å². The number of benzene rings is 1. The molecule has 0 saturated carbocycles. The number of fused-ring (bicyclic) bond motifs is 1. The molecule has 0 fully saturated rings. The van der Waals surface area contributed by atoms with E-state index < -0.39 is 11.9 Å². The third-order valence-electron chi connectivity index (χ3n) is 2.78. The van der Waals surface area contributed by atoms with Crippen LogP contribution in [-0.2, 0) is 4.79 Å². The Kier molecular flexibility index (Phi) is 3.43. The van der Waals surface area contributed by atoms with Gasteiger partial charge in [-0.2, -0.15) is 0 Å². The highest BCUT2D eigenvalue weighted by Gasteiger charge is 2.28. The van der Waals surface area contributed by atoms with Crippen molar-refractivity contribution < 1.29 is 24.2 Å². The number of hydrogen-bond acceptors (Lipinski definition) is 4. The lowest BCUT2D eigenvalue weighted by Crippen LogP contribution is -2.20. The molecule has 0 aromatic heterocycles. The Labute approximate surface area is 108 Å². The summed E-state index contributed by atoms with van der Waals surface area (Å²) in [4.78, 5) is 22.0. The first-order valence-electron chi connectivity index (χ1n) is 5.36. The average molecular weight is 271 g/mol. The van der Waals surface area contributed by atoms with E-state index in [2.05, 4.69) is 0 Å². The summed E-state index contributed by atoms with van der Waals surface area (Å²) in [6.07, 6.45) is 0.574. The average Bonchev–Trinajstić information content (AvgIpc) is 2.37. The van der Waals surface area contributed by atoms with Crippen LogP contribution >= 0.6 is 11.6 Å². The van der Waals surface area contributed by atoms with Gasteiger partial charge < -0.3 is 14.6 Å². The molecule has 0 aliphatic carbocycles. The molecule has 0 amide bonds. The van der Waals surface area contributed by atoms with Gasteiger partial charge in [0.1, 0.15) is 13.2 Å². The molecule has 1 aliphatic heterocycles. The van der Waals surface area contributed by atoms with Crippen molar-refractivity contribution in [2.45, 2.75) is 12.8 Å². The zero-order valence-corrected chi connectivity index (χ0v) is 10.4. The van der Waals surface area contributed by atoms with Crippen molar-refractivity contribution in [1.29, 1.82) is 0 Å². The molecule has 1 aliphatic rings. The Morgan fingerprint density at radius 2 is 2.06 bits per heavy atom. The van der Waals surface area contributed by atoms with Crippen molar-refractivity contribution in [1.82, 2.24) is 0 Å². The van der Waals surface area contributed by atoms with Crippen LogP contribution in [0.15, 0.2) is 6.07 Å². The van der Waals surface area contributed by atoms with E-state index in [1.807, 2.05) is 0 Å². The number of ether oxygens (including phenoxy) is 2. The summed E-state index contributed by atoms with van der Waals surface area (Å²) in [7, 11) is 0. The standard InChI is InChI=1S/C12H11ClO5/c1-6(12(15)16)7-4-9(13)8(5-14)11-10(7)17-2-3-18-11/h4-6H,2-3H2,1H3,(H,15,16). The number of hydrogen-bond donors (Lipinski definition) is 1. The molecule has 1 aromatic rings. The molecule has 96 valence electrons. The lowest BCUT2D eigenvalue weighted by Gasteiger charge is -2.24. The molecule has 5 nitrogen and oxygen atoms in total. The van der Waals surface area contributed by atoms with Crippen molar-refractivity contribution in [3.63, 3.8) is 0 Å². The molecule has 18 heavy (non-hydrogen) atoms. The molecule has 1 unspecified atom stereocenters. The second-order valence-corrected chi connectivity index (χ2v) is 4.30. The molecule has 1 aromatic carbocycles. The van der Waals surface area contributed by atoms with Crippen LogP contribution in [0.5, 0.6) is 11.5 Å². The van der Waals surface area contributed by atoms with Gasteiger partial charge in [0.05, 0.1) is 16.5 Å². The van der Waals surface area contributed by atoms with Crippen LogP contribution in [0.2, 0.25) is 5.02 Å². The predicted molar refractivity (Wildman–Crippen MR) is 63.9 cm³/mol. The number of halogens is 1. The first-order valence-corrected chi connectivity index (χ1v) is 5.74. The maximum absolute atomic E-state index is 11.0. The van der Waals surface area contributed by atoms with Gasteiger partial charge >= 0.3 is 5.97 Å². The van der Waals surface area contributed by atoms with Gasteiger partial charge in [-0.05, 0) is 13.0 Å². The maximum Gasteiger partial charge on any atom is 0.310 e. The third-order valence-corrected chi connectivity index (χ3v) is 3.10. The van der Waals surface area contributed by atoms with Crippen molar-refractivity contribution in [3.8, 4) is 11.5 Å². The largest absolute Gasteiger partial charge is 0.486 e. The van der Waals surface area contributed by atoms with E-state index in [-0.39, 0.29) is 16.3 Å². The van der Waals surface area contributed by atoms with Crippen LogP contribution < -0.4 is 9.47 Å². The van der Waals surface area contributed by atoms with Crippen molar-refractivity contribution in [3.05, 3.63) is 22.2 Å². The molecule has 1 atom stereocenters. The first-order chi connectivity index (χ1) is 8.56.